The smallest absolute Gasteiger partial charge is 0.232 e. The number of nitrogens with zero attached hydrogens (tertiary/aromatic N) is 2. The van der Waals surface area contributed by atoms with Crippen molar-refractivity contribution in [3.05, 3.63) is 71.0 Å². The van der Waals surface area contributed by atoms with Gasteiger partial charge in [-0.1, -0.05) is 30.3 Å². The lowest BCUT2D eigenvalue weighted by Gasteiger charge is -2.28. The number of benzene rings is 2. The lowest BCUT2D eigenvalue weighted by atomic mass is 9.98. The van der Waals surface area contributed by atoms with E-state index in [2.05, 4.69) is 11.0 Å². The van der Waals surface area contributed by atoms with Crippen LogP contribution >= 0.6 is 0 Å². The zero-order valence-electron chi connectivity index (χ0n) is 16.4. The van der Waals surface area contributed by atoms with Crippen LogP contribution in [0.5, 0.6) is 0 Å². The van der Waals surface area contributed by atoms with Crippen molar-refractivity contribution >= 4 is 21.3 Å². The fourth-order valence-corrected chi connectivity index (χ4v) is 5.05. The standard InChI is InChI=1S/C22H25FN2O3S/c1-29(27,28)25-13-10-18-14-19(4-7-21(18)25)22(26)15-24-11-8-17(9-12-24)16-2-5-20(23)6-3-16/h2-8,14,22,26H,9-13,15H2,1H3. The molecular formula is C22H25FN2O3S. The molecular weight excluding hydrogens is 391 g/mol. The first kappa shape index (κ1) is 20.1. The topological polar surface area (TPSA) is 60.9 Å². The Morgan fingerprint density at radius 2 is 1.86 bits per heavy atom. The molecule has 0 spiro atoms. The molecule has 2 aromatic carbocycles. The third-order valence-corrected chi connectivity index (χ3v) is 6.86. The van der Waals surface area contributed by atoms with Gasteiger partial charge >= 0.3 is 0 Å². The van der Waals surface area contributed by atoms with Gasteiger partial charge in [0.15, 0.2) is 0 Å². The Morgan fingerprint density at radius 3 is 2.52 bits per heavy atom. The number of β-amino-alcohol motifs (C(OH)–C–C–N with tert-alkyl or cyclic N) is 1. The summed E-state index contributed by atoms with van der Waals surface area (Å²) in [4.78, 5) is 2.19. The van der Waals surface area contributed by atoms with Gasteiger partial charge in [-0.2, -0.15) is 0 Å². The van der Waals surface area contributed by atoms with Crippen LogP contribution in [0.2, 0.25) is 0 Å². The summed E-state index contributed by atoms with van der Waals surface area (Å²) in [6, 6.07) is 12.1. The van der Waals surface area contributed by atoms with Gasteiger partial charge in [-0.25, -0.2) is 12.8 Å². The summed E-state index contributed by atoms with van der Waals surface area (Å²) in [5.74, 6) is -0.232. The molecule has 29 heavy (non-hydrogen) atoms. The van der Waals surface area contributed by atoms with Crippen LogP contribution in [-0.4, -0.2) is 50.9 Å². The summed E-state index contributed by atoms with van der Waals surface area (Å²) in [5.41, 5.74) is 4.74. The fraction of sp³-hybridized carbons (Fsp3) is 0.364. The number of fused-ring (bicyclic) bond motifs is 1. The molecule has 2 aliphatic heterocycles. The highest BCUT2D eigenvalue weighted by molar-refractivity contribution is 7.92. The quantitative estimate of drug-likeness (QED) is 0.814. The summed E-state index contributed by atoms with van der Waals surface area (Å²) in [6.07, 6.45) is 4.24. The van der Waals surface area contributed by atoms with Gasteiger partial charge in [0.2, 0.25) is 10.0 Å². The molecule has 7 heteroatoms. The highest BCUT2D eigenvalue weighted by Crippen LogP contribution is 2.32. The van der Waals surface area contributed by atoms with E-state index < -0.39 is 16.1 Å². The number of aliphatic hydroxyl groups is 1. The Labute approximate surface area is 171 Å². The van der Waals surface area contributed by atoms with Crippen LogP contribution in [-0.2, 0) is 16.4 Å². The molecule has 2 aromatic rings. The molecule has 0 aliphatic carbocycles. The highest BCUT2D eigenvalue weighted by Gasteiger charge is 2.27. The molecule has 0 amide bonds. The summed E-state index contributed by atoms with van der Waals surface area (Å²) < 4.78 is 38.3. The van der Waals surface area contributed by atoms with Crippen LogP contribution in [0.15, 0.2) is 48.5 Å². The lowest BCUT2D eigenvalue weighted by molar-refractivity contribution is 0.119. The highest BCUT2D eigenvalue weighted by atomic mass is 32.2. The van der Waals surface area contributed by atoms with Gasteiger partial charge in [-0.15, -0.1) is 0 Å². The van der Waals surface area contributed by atoms with Crippen molar-refractivity contribution in [2.24, 2.45) is 0 Å². The molecule has 0 aromatic heterocycles. The van der Waals surface area contributed by atoms with Crippen LogP contribution in [0.4, 0.5) is 10.1 Å². The van der Waals surface area contributed by atoms with Crippen molar-refractivity contribution in [2.45, 2.75) is 18.9 Å². The van der Waals surface area contributed by atoms with E-state index in [4.69, 9.17) is 0 Å². The maximum atomic E-state index is 13.1. The maximum absolute atomic E-state index is 13.1. The number of hydrogen-bond donors (Lipinski definition) is 1. The average Bonchev–Trinajstić information content (AvgIpc) is 3.13. The van der Waals surface area contributed by atoms with Gasteiger partial charge in [-0.3, -0.25) is 9.21 Å². The van der Waals surface area contributed by atoms with Crippen LogP contribution in [0.1, 0.15) is 29.2 Å². The summed E-state index contributed by atoms with van der Waals surface area (Å²) in [6.45, 7) is 2.53. The zero-order chi connectivity index (χ0) is 20.6. The molecule has 4 rings (SSSR count). The molecule has 1 unspecified atom stereocenters. The molecule has 1 N–H and O–H groups in total. The second kappa shape index (κ2) is 7.89. The molecule has 0 saturated heterocycles. The number of aliphatic hydroxyl groups excluding tert-OH is 1. The minimum Gasteiger partial charge on any atom is -0.387 e. The summed E-state index contributed by atoms with van der Waals surface area (Å²) in [7, 11) is -3.27. The van der Waals surface area contributed by atoms with Crippen molar-refractivity contribution in [3.63, 3.8) is 0 Å². The SMILES string of the molecule is CS(=O)(=O)N1CCc2cc(C(O)CN3CC=C(c4ccc(F)cc4)CC3)ccc21. The average molecular weight is 417 g/mol. The first-order valence-corrected chi connectivity index (χ1v) is 11.6. The zero-order valence-corrected chi connectivity index (χ0v) is 17.2. The molecule has 0 radical (unpaired) electrons. The predicted octanol–water partition coefficient (Wildman–Crippen LogP) is 2.97. The minimum absolute atomic E-state index is 0.232. The Bertz CT molecular complexity index is 1030. The van der Waals surface area contributed by atoms with E-state index in [0.29, 0.717) is 25.2 Å². The van der Waals surface area contributed by atoms with Gasteiger partial charge in [0, 0.05) is 26.2 Å². The molecule has 2 heterocycles. The lowest BCUT2D eigenvalue weighted by Crippen LogP contribution is -2.32. The van der Waals surface area contributed by atoms with E-state index >= 15 is 0 Å². The van der Waals surface area contributed by atoms with Crippen molar-refractivity contribution in [2.75, 3.05) is 36.7 Å². The fourth-order valence-electron chi connectivity index (χ4n) is 4.10. The van der Waals surface area contributed by atoms with E-state index in [9.17, 15) is 17.9 Å². The van der Waals surface area contributed by atoms with Gasteiger partial charge in [-0.05, 0) is 53.3 Å². The third-order valence-electron chi connectivity index (χ3n) is 5.68. The molecule has 0 bridgehead atoms. The summed E-state index contributed by atoms with van der Waals surface area (Å²) in [5, 5.41) is 10.7. The molecule has 5 nitrogen and oxygen atoms in total. The molecule has 2 aliphatic rings. The first-order chi connectivity index (χ1) is 13.8. The van der Waals surface area contributed by atoms with E-state index in [1.807, 2.05) is 12.1 Å². The van der Waals surface area contributed by atoms with E-state index in [-0.39, 0.29) is 5.82 Å². The Balaban J connectivity index is 1.40. The molecule has 154 valence electrons. The van der Waals surface area contributed by atoms with Gasteiger partial charge in [0.1, 0.15) is 5.82 Å². The number of hydrogen-bond acceptors (Lipinski definition) is 4. The second-order valence-electron chi connectivity index (χ2n) is 7.73. The van der Waals surface area contributed by atoms with Crippen molar-refractivity contribution in [3.8, 4) is 0 Å². The monoisotopic (exact) mass is 416 g/mol. The molecule has 1 atom stereocenters. The first-order valence-electron chi connectivity index (χ1n) is 9.77. The second-order valence-corrected chi connectivity index (χ2v) is 9.64. The number of halogens is 1. The van der Waals surface area contributed by atoms with Crippen LogP contribution in [0.25, 0.3) is 5.57 Å². The number of rotatable bonds is 5. The van der Waals surface area contributed by atoms with E-state index in [1.165, 1.54) is 28.3 Å². The van der Waals surface area contributed by atoms with Crippen molar-refractivity contribution in [1.29, 1.82) is 0 Å². The van der Waals surface area contributed by atoms with E-state index in [0.717, 1.165) is 36.2 Å². The molecule has 0 saturated carbocycles. The van der Waals surface area contributed by atoms with Crippen molar-refractivity contribution in [1.82, 2.24) is 4.90 Å². The van der Waals surface area contributed by atoms with Gasteiger partial charge in [0.25, 0.3) is 0 Å². The van der Waals surface area contributed by atoms with Gasteiger partial charge < -0.3 is 5.11 Å². The third kappa shape index (κ3) is 4.37. The van der Waals surface area contributed by atoms with Crippen LogP contribution in [0, 0.1) is 5.82 Å². The number of anilines is 1. The normalized spacial score (nSPS) is 18.4. The maximum Gasteiger partial charge on any atom is 0.232 e. The number of sulfonamides is 1. The Kier molecular flexibility index (Phi) is 5.46. The van der Waals surface area contributed by atoms with E-state index in [1.54, 1.807) is 18.2 Å². The Morgan fingerprint density at radius 1 is 1.10 bits per heavy atom. The minimum atomic E-state index is -3.27. The Hall–Kier alpha value is -2.22. The van der Waals surface area contributed by atoms with Crippen LogP contribution in [0.3, 0.4) is 0 Å². The molecule has 0 fully saturated rings. The van der Waals surface area contributed by atoms with Gasteiger partial charge in [0.05, 0.1) is 18.0 Å². The summed E-state index contributed by atoms with van der Waals surface area (Å²) >= 11 is 0. The van der Waals surface area contributed by atoms with Crippen LogP contribution < -0.4 is 4.31 Å². The predicted molar refractivity (Wildman–Crippen MR) is 113 cm³/mol. The van der Waals surface area contributed by atoms with Crippen molar-refractivity contribution < 1.29 is 17.9 Å². The largest absolute Gasteiger partial charge is 0.387 e.